The molecule has 1 unspecified atom stereocenters. The number of rotatable bonds is 2. The van der Waals surface area contributed by atoms with Crippen molar-refractivity contribution in [2.75, 3.05) is 0 Å². The Bertz CT molecular complexity index is 227. The van der Waals surface area contributed by atoms with Crippen LogP contribution in [0.25, 0.3) is 0 Å². The Morgan fingerprint density at radius 1 is 1.36 bits per heavy atom. The molecule has 5 heteroatoms. The van der Waals surface area contributed by atoms with Crippen LogP contribution in [0.5, 0.6) is 0 Å². The first-order valence-corrected chi connectivity index (χ1v) is 8.82. The smallest absolute Gasteiger partial charge is 0.227 e. The fourth-order valence-electron chi connectivity index (χ4n) is 2.08. The van der Waals surface area contributed by atoms with Gasteiger partial charge in [-0.05, 0) is 6.42 Å². The highest BCUT2D eigenvalue weighted by Gasteiger charge is 2.54. The van der Waals surface area contributed by atoms with Gasteiger partial charge in [-0.15, -0.1) is 0 Å². The SMILES string of the molecule is C[Si](C)(C)CC12OO[C@H](CC[C@H]1O)O2. The van der Waals surface area contributed by atoms with Crippen molar-refractivity contribution in [1.29, 1.82) is 0 Å². The van der Waals surface area contributed by atoms with Gasteiger partial charge in [0.05, 0.1) is 8.07 Å². The number of hydrogen-bond donors (Lipinski definition) is 1. The second-order valence-electron chi connectivity index (χ2n) is 5.37. The molecule has 0 aromatic heterocycles. The second-order valence-corrected chi connectivity index (χ2v) is 10.8. The van der Waals surface area contributed by atoms with Crippen molar-refractivity contribution in [2.45, 2.75) is 56.7 Å². The van der Waals surface area contributed by atoms with Crippen LogP contribution in [0.3, 0.4) is 0 Å². The van der Waals surface area contributed by atoms with Gasteiger partial charge < -0.3 is 9.84 Å². The van der Waals surface area contributed by atoms with Gasteiger partial charge in [-0.2, -0.15) is 4.89 Å². The Labute approximate surface area is 85.1 Å². The summed E-state index contributed by atoms with van der Waals surface area (Å²) in [4.78, 5) is 10.3. The van der Waals surface area contributed by atoms with E-state index in [4.69, 9.17) is 14.5 Å². The van der Waals surface area contributed by atoms with Crippen LogP contribution in [0.1, 0.15) is 12.8 Å². The standard InChI is InChI=1S/C9H18O4Si/c1-14(2,3)6-9-7(10)4-5-8(11-9)12-13-9/h7-8,10H,4-6H2,1-3H3/t7-,8-,9?/m1/s1. The van der Waals surface area contributed by atoms with Crippen molar-refractivity contribution in [3.8, 4) is 0 Å². The van der Waals surface area contributed by atoms with Crippen LogP contribution in [0, 0.1) is 0 Å². The normalized spacial score (nSPS) is 42.9. The van der Waals surface area contributed by atoms with Gasteiger partial charge >= 0.3 is 0 Å². The molecule has 0 aliphatic carbocycles. The Balaban J connectivity index is 2.13. The molecule has 4 nitrogen and oxygen atoms in total. The first-order chi connectivity index (χ1) is 6.41. The summed E-state index contributed by atoms with van der Waals surface area (Å²) >= 11 is 0. The number of ether oxygens (including phenoxy) is 1. The molecule has 2 aliphatic rings. The van der Waals surface area contributed by atoms with Gasteiger partial charge in [0.1, 0.15) is 6.10 Å². The quantitative estimate of drug-likeness (QED) is 0.563. The highest BCUT2D eigenvalue weighted by Crippen LogP contribution is 2.42. The second kappa shape index (κ2) is 3.28. The Morgan fingerprint density at radius 3 is 2.71 bits per heavy atom. The van der Waals surface area contributed by atoms with E-state index in [1.165, 1.54) is 0 Å². The van der Waals surface area contributed by atoms with E-state index in [1.807, 2.05) is 0 Å². The lowest BCUT2D eigenvalue weighted by Crippen LogP contribution is -2.50. The Hall–Kier alpha value is 0.0569. The van der Waals surface area contributed by atoms with E-state index in [-0.39, 0.29) is 6.29 Å². The lowest BCUT2D eigenvalue weighted by atomic mass is 10.0. The van der Waals surface area contributed by atoms with Crippen molar-refractivity contribution in [1.82, 2.24) is 0 Å². The fraction of sp³-hybridized carbons (Fsp3) is 1.00. The Morgan fingerprint density at radius 2 is 2.07 bits per heavy atom. The zero-order valence-electron chi connectivity index (χ0n) is 8.95. The molecule has 2 bridgehead atoms. The maximum atomic E-state index is 9.90. The van der Waals surface area contributed by atoms with E-state index in [0.29, 0.717) is 12.8 Å². The van der Waals surface area contributed by atoms with Crippen molar-refractivity contribution in [2.24, 2.45) is 0 Å². The summed E-state index contributed by atoms with van der Waals surface area (Å²) in [7, 11) is -1.34. The molecule has 82 valence electrons. The summed E-state index contributed by atoms with van der Waals surface area (Å²) in [6.45, 7) is 6.68. The van der Waals surface area contributed by atoms with Gasteiger partial charge in [-0.1, -0.05) is 19.6 Å². The van der Waals surface area contributed by atoms with Gasteiger partial charge in [0, 0.05) is 12.5 Å². The molecule has 3 atom stereocenters. The van der Waals surface area contributed by atoms with Gasteiger partial charge in [-0.25, -0.2) is 4.89 Å². The minimum absolute atomic E-state index is 0.269. The number of hydrogen-bond acceptors (Lipinski definition) is 4. The van der Waals surface area contributed by atoms with Crippen LogP contribution in [-0.2, 0) is 14.5 Å². The lowest BCUT2D eigenvalue weighted by Gasteiger charge is -2.36. The maximum absolute atomic E-state index is 9.90. The fourth-order valence-corrected chi connectivity index (χ4v) is 3.94. The highest BCUT2D eigenvalue weighted by molar-refractivity contribution is 6.76. The van der Waals surface area contributed by atoms with Crippen LogP contribution in [0.4, 0.5) is 0 Å². The third kappa shape index (κ3) is 1.87. The first-order valence-electron chi connectivity index (χ1n) is 5.12. The predicted molar refractivity (Wildman–Crippen MR) is 53.2 cm³/mol. The van der Waals surface area contributed by atoms with Gasteiger partial charge in [0.25, 0.3) is 0 Å². The number of fused-ring (bicyclic) bond motifs is 2. The molecule has 14 heavy (non-hydrogen) atoms. The molecule has 2 fully saturated rings. The zero-order chi connectivity index (χ0) is 10.4. The summed E-state index contributed by atoms with van der Waals surface area (Å²) in [6, 6.07) is 0.775. The molecular formula is C9H18O4Si. The average molecular weight is 218 g/mol. The lowest BCUT2D eigenvalue weighted by molar-refractivity contribution is -0.337. The topological polar surface area (TPSA) is 47.9 Å². The molecule has 0 spiro atoms. The minimum Gasteiger partial charge on any atom is -0.387 e. The van der Waals surface area contributed by atoms with Crippen LogP contribution in [0.2, 0.25) is 25.7 Å². The van der Waals surface area contributed by atoms with Gasteiger partial charge in [0.2, 0.25) is 5.79 Å². The summed E-state index contributed by atoms with van der Waals surface area (Å²) in [5, 5.41) is 9.90. The average Bonchev–Trinajstić information content (AvgIpc) is 2.36. The van der Waals surface area contributed by atoms with Gasteiger partial charge in [-0.3, -0.25) is 0 Å². The monoisotopic (exact) mass is 218 g/mol. The van der Waals surface area contributed by atoms with Crippen LogP contribution in [-0.4, -0.2) is 31.4 Å². The van der Waals surface area contributed by atoms with E-state index in [0.717, 1.165) is 6.04 Å². The molecule has 0 aromatic carbocycles. The van der Waals surface area contributed by atoms with E-state index < -0.39 is 20.0 Å². The molecule has 0 radical (unpaired) electrons. The molecule has 0 amide bonds. The zero-order valence-corrected chi connectivity index (χ0v) is 9.95. The molecule has 2 rings (SSSR count). The summed E-state index contributed by atoms with van der Waals surface area (Å²) in [5.41, 5.74) is 0. The van der Waals surface area contributed by atoms with E-state index in [1.54, 1.807) is 0 Å². The minimum atomic E-state index is -1.34. The van der Waals surface area contributed by atoms with Gasteiger partial charge in [0.15, 0.2) is 6.29 Å². The van der Waals surface area contributed by atoms with Crippen molar-refractivity contribution in [3.05, 3.63) is 0 Å². The van der Waals surface area contributed by atoms with E-state index >= 15 is 0 Å². The van der Waals surface area contributed by atoms with Crippen LogP contribution >= 0.6 is 0 Å². The third-order valence-electron chi connectivity index (χ3n) is 2.59. The molecule has 1 N–H and O–H groups in total. The molecule has 2 aliphatic heterocycles. The van der Waals surface area contributed by atoms with Crippen molar-refractivity contribution in [3.63, 3.8) is 0 Å². The van der Waals surface area contributed by atoms with Crippen molar-refractivity contribution >= 4 is 8.07 Å². The summed E-state index contributed by atoms with van der Waals surface area (Å²) < 4.78 is 5.61. The van der Waals surface area contributed by atoms with Crippen LogP contribution in [0.15, 0.2) is 0 Å². The molecule has 0 saturated carbocycles. The molecular weight excluding hydrogens is 200 g/mol. The van der Waals surface area contributed by atoms with Crippen LogP contribution < -0.4 is 0 Å². The Kier molecular flexibility index (Phi) is 2.48. The molecule has 2 heterocycles. The predicted octanol–water partition coefficient (Wildman–Crippen LogP) is 1.48. The summed E-state index contributed by atoms with van der Waals surface area (Å²) in [5.74, 6) is -0.868. The first kappa shape index (κ1) is 10.6. The molecule has 2 saturated heterocycles. The van der Waals surface area contributed by atoms with E-state index in [2.05, 4.69) is 19.6 Å². The maximum Gasteiger partial charge on any atom is 0.227 e. The number of aliphatic hydroxyl groups excluding tert-OH is 1. The number of aliphatic hydroxyl groups is 1. The van der Waals surface area contributed by atoms with Crippen molar-refractivity contribution < 1.29 is 19.6 Å². The largest absolute Gasteiger partial charge is 0.387 e. The summed E-state index contributed by atoms with van der Waals surface area (Å²) in [6.07, 6.45) is 0.603. The highest BCUT2D eigenvalue weighted by atomic mass is 28.3. The molecule has 0 aromatic rings. The third-order valence-corrected chi connectivity index (χ3v) is 4.14. The van der Waals surface area contributed by atoms with E-state index in [9.17, 15) is 5.11 Å².